The van der Waals surface area contributed by atoms with Crippen molar-refractivity contribution >= 4 is 28.5 Å². The fraction of sp³-hybridized carbons (Fsp3) is 0.182. The summed E-state index contributed by atoms with van der Waals surface area (Å²) in [5.41, 5.74) is 1.25. The smallest absolute Gasteiger partial charge is 0.161 e. The molecule has 0 saturated heterocycles. The molecular weight excluding hydrogens is 228 g/mol. The molecule has 0 fully saturated rings. The fourth-order valence-electron chi connectivity index (χ4n) is 1.18. The third-order valence-corrected chi connectivity index (χ3v) is 3.20. The summed E-state index contributed by atoms with van der Waals surface area (Å²) in [6.45, 7) is 0.774. The van der Waals surface area contributed by atoms with Crippen LogP contribution < -0.4 is 5.32 Å². The number of rotatable bonds is 2. The number of hydrogen-bond acceptors (Lipinski definition) is 3. The van der Waals surface area contributed by atoms with Crippen LogP contribution in [0.4, 0.5) is 0 Å². The largest absolute Gasteiger partial charge is 0.342 e. The molecule has 0 spiro atoms. The van der Waals surface area contributed by atoms with Gasteiger partial charge in [-0.3, -0.25) is 4.99 Å². The van der Waals surface area contributed by atoms with Crippen molar-refractivity contribution in [2.75, 3.05) is 6.54 Å². The van der Waals surface area contributed by atoms with E-state index in [4.69, 9.17) is 11.6 Å². The summed E-state index contributed by atoms with van der Waals surface area (Å²) in [5, 5.41) is 4.86. The Hall–Kier alpha value is -0.930. The van der Waals surface area contributed by atoms with Crippen molar-refractivity contribution in [1.29, 1.82) is 0 Å². The van der Waals surface area contributed by atoms with Gasteiger partial charge in [-0.2, -0.15) is 0 Å². The SMILES string of the molecule is Clc1ccc(CSC2=NCC=CN2)cc1. The summed E-state index contributed by atoms with van der Waals surface area (Å²) >= 11 is 7.51. The summed E-state index contributed by atoms with van der Waals surface area (Å²) in [7, 11) is 0. The highest BCUT2D eigenvalue weighted by molar-refractivity contribution is 8.13. The molecule has 1 aliphatic rings. The number of amidine groups is 1. The van der Waals surface area contributed by atoms with Crippen LogP contribution in [0.2, 0.25) is 5.02 Å². The Balaban J connectivity index is 1.87. The minimum atomic E-state index is 0.774. The van der Waals surface area contributed by atoms with Crippen molar-refractivity contribution in [1.82, 2.24) is 5.32 Å². The maximum absolute atomic E-state index is 5.81. The highest BCUT2D eigenvalue weighted by atomic mass is 35.5. The molecule has 0 radical (unpaired) electrons. The van der Waals surface area contributed by atoms with E-state index in [0.717, 1.165) is 22.5 Å². The molecule has 1 N–H and O–H groups in total. The van der Waals surface area contributed by atoms with E-state index >= 15 is 0 Å². The molecule has 0 aliphatic carbocycles. The lowest BCUT2D eigenvalue weighted by Gasteiger charge is -2.08. The topological polar surface area (TPSA) is 24.4 Å². The summed E-state index contributed by atoms with van der Waals surface area (Å²) < 4.78 is 0. The molecular formula is C11H11ClN2S. The number of nitrogens with zero attached hydrogens (tertiary/aromatic N) is 1. The van der Waals surface area contributed by atoms with Gasteiger partial charge in [0.1, 0.15) is 0 Å². The lowest BCUT2D eigenvalue weighted by molar-refractivity contribution is 1.13. The molecule has 2 rings (SSSR count). The van der Waals surface area contributed by atoms with E-state index < -0.39 is 0 Å². The van der Waals surface area contributed by atoms with E-state index in [1.807, 2.05) is 36.5 Å². The average molecular weight is 239 g/mol. The highest BCUT2D eigenvalue weighted by Crippen LogP contribution is 2.16. The number of halogens is 1. The molecule has 78 valence electrons. The standard InChI is InChI=1S/C11H11ClN2S/c12-10-4-2-9(3-5-10)8-15-11-13-6-1-7-14-11/h1-6H,7-8H2,(H,13,14). The Morgan fingerprint density at radius 1 is 1.33 bits per heavy atom. The maximum Gasteiger partial charge on any atom is 0.161 e. The third-order valence-electron chi connectivity index (χ3n) is 1.95. The molecule has 0 unspecified atom stereocenters. The van der Waals surface area contributed by atoms with E-state index in [1.54, 1.807) is 11.8 Å². The first-order chi connectivity index (χ1) is 7.34. The normalized spacial score (nSPS) is 14.6. The van der Waals surface area contributed by atoms with E-state index in [1.165, 1.54) is 5.56 Å². The van der Waals surface area contributed by atoms with Gasteiger partial charge in [-0.05, 0) is 23.8 Å². The lowest BCUT2D eigenvalue weighted by Crippen LogP contribution is -2.17. The molecule has 4 heteroatoms. The quantitative estimate of drug-likeness (QED) is 0.857. The van der Waals surface area contributed by atoms with Crippen LogP contribution in [0.5, 0.6) is 0 Å². The number of thioether (sulfide) groups is 1. The van der Waals surface area contributed by atoms with Crippen molar-refractivity contribution in [3.8, 4) is 0 Å². The fourth-order valence-corrected chi connectivity index (χ4v) is 2.12. The summed E-state index contributed by atoms with van der Waals surface area (Å²) in [5.74, 6) is 0.914. The van der Waals surface area contributed by atoms with Gasteiger partial charge in [0, 0.05) is 17.0 Å². The molecule has 1 heterocycles. The number of aliphatic imine (C=N–C) groups is 1. The minimum Gasteiger partial charge on any atom is -0.342 e. The second-order valence-electron chi connectivity index (χ2n) is 3.11. The van der Waals surface area contributed by atoms with Gasteiger partial charge in [0.15, 0.2) is 5.17 Å². The number of nitrogens with one attached hydrogen (secondary N) is 1. The van der Waals surface area contributed by atoms with Crippen LogP contribution in [0.3, 0.4) is 0 Å². The van der Waals surface area contributed by atoms with Crippen molar-refractivity contribution in [3.63, 3.8) is 0 Å². The zero-order valence-electron chi connectivity index (χ0n) is 8.11. The molecule has 0 atom stereocenters. The van der Waals surface area contributed by atoms with Gasteiger partial charge in [-0.1, -0.05) is 35.5 Å². The van der Waals surface area contributed by atoms with Gasteiger partial charge < -0.3 is 5.32 Å². The second kappa shape index (κ2) is 5.24. The highest BCUT2D eigenvalue weighted by Gasteiger charge is 2.01. The first kappa shape index (κ1) is 10.6. The van der Waals surface area contributed by atoms with Gasteiger partial charge in [-0.15, -0.1) is 0 Å². The Morgan fingerprint density at radius 2 is 2.13 bits per heavy atom. The van der Waals surface area contributed by atoms with E-state index in [-0.39, 0.29) is 0 Å². The number of benzene rings is 1. The van der Waals surface area contributed by atoms with Crippen LogP contribution in [0.1, 0.15) is 5.56 Å². The van der Waals surface area contributed by atoms with Gasteiger partial charge in [-0.25, -0.2) is 0 Å². The Labute approximate surface area is 98.4 Å². The van der Waals surface area contributed by atoms with E-state index in [2.05, 4.69) is 10.3 Å². The van der Waals surface area contributed by atoms with Crippen LogP contribution in [-0.2, 0) is 5.75 Å². The zero-order valence-corrected chi connectivity index (χ0v) is 9.68. The molecule has 1 aromatic carbocycles. The molecule has 0 amide bonds. The van der Waals surface area contributed by atoms with E-state index in [9.17, 15) is 0 Å². The first-order valence-corrected chi connectivity index (χ1v) is 6.04. The van der Waals surface area contributed by atoms with Crippen LogP contribution in [0, 0.1) is 0 Å². The minimum absolute atomic E-state index is 0.774. The average Bonchev–Trinajstić information content (AvgIpc) is 2.30. The van der Waals surface area contributed by atoms with Gasteiger partial charge in [0.05, 0.1) is 6.54 Å². The summed E-state index contributed by atoms with van der Waals surface area (Å²) in [6, 6.07) is 7.89. The zero-order chi connectivity index (χ0) is 10.5. The summed E-state index contributed by atoms with van der Waals surface area (Å²) in [4.78, 5) is 4.32. The second-order valence-corrected chi connectivity index (χ2v) is 4.51. The van der Waals surface area contributed by atoms with E-state index in [0.29, 0.717) is 0 Å². The van der Waals surface area contributed by atoms with Crippen molar-refractivity contribution in [3.05, 3.63) is 47.1 Å². The van der Waals surface area contributed by atoms with Crippen molar-refractivity contribution < 1.29 is 0 Å². The van der Waals surface area contributed by atoms with Gasteiger partial charge >= 0.3 is 0 Å². The number of hydrogen-bond donors (Lipinski definition) is 1. The van der Waals surface area contributed by atoms with Gasteiger partial charge in [0.2, 0.25) is 0 Å². The Kier molecular flexibility index (Phi) is 3.69. The molecule has 1 aliphatic heterocycles. The Bertz CT molecular complexity index is 384. The lowest BCUT2D eigenvalue weighted by atomic mass is 10.2. The Morgan fingerprint density at radius 3 is 2.80 bits per heavy atom. The van der Waals surface area contributed by atoms with Crippen molar-refractivity contribution in [2.24, 2.45) is 4.99 Å². The molecule has 1 aromatic rings. The molecule has 0 saturated carbocycles. The molecule has 0 bridgehead atoms. The maximum atomic E-state index is 5.81. The van der Waals surface area contributed by atoms with Crippen LogP contribution in [0.25, 0.3) is 0 Å². The molecule has 15 heavy (non-hydrogen) atoms. The van der Waals surface area contributed by atoms with Crippen LogP contribution in [0.15, 0.2) is 41.5 Å². The van der Waals surface area contributed by atoms with Gasteiger partial charge in [0.25, 0.3) is 0 Å². The first-order valence-electron chi connectivity index (χ1n) is 4.68. The predicted octanol–water partition coefficient (Wildman–Crippen LogP) is 3.05. The molecule has 2 nitrogen and oxygen atoms in total. The monoisotopic (exact) mass is 238 g/mol. The van der Waals surface area contributed by atoms with Crippen molar-refractivity contribution in [2.45, 2.75) is 5.75 Å². The van der Waals surface area contributed by atoms with Crippen LogP contribution in [-0.4, -0.2) is 11.7 Å². The molecule has 0 aromatic heterocycles. The predicted molar refractivity (Wildman–Crippen MR) is 67.3 cm³/mol. The summed E-state index contributed by atoms with van der Waals surface area (Å²) in [6.07, 6.45) is 3.92. The third kappa shape index (κ3) is 3.29. The van der Waals surface area contributed by atoms with Crippen LogP contribution >= 0.6 is 23.4 Å².